The molecule has 116 valence electrons. The molecule has 1 fully saturated rings. The molecule has 0 radical (unpaired) electrons. The van der Waals surface area contributed by atoms with E-state index in [9.17, 15) is 4.79 Å². The molecule has 1 saturated heterocycles. The fourth-order valence-electron chi connectivity index (χ4n) is 2.45. The molecule has 6 nitrogen and oxygen atoms in total. The maximum atomic E-state index is 12.5. The molecule has 21 heavy (non-hydrogen) atoms. The number of halogens is 1. The molecule has 1 amide bonds. The van der Waals surface area contributed by atoms with Crippen molar-refractivity contribution in [2.24, 2.45) is 5.84 Å². The number of piperazine rings is 1. The zero-order chi connectivity index (χ0) is 15.4. The number of amides is 1. The second-order valence-electron chi connectivity index (χ2n) is 5.26. The Morgan fingerprint density at radius 1 is 1.43 bits per heavy atom. The van der Waals surface area contributed by atoms with Crippen LogP contribution in [0.3, 0.4) is 0 Å². The van der Waals surface area contributed by atoms with Gasteiger partial charge in [-0.2, -0.15) is 0 Å². The summed E-state index contributed by atoms with van der Waals surface area (Å²) >= 11 is 6.08. The number of hydrogen-bond acceptors (Lipinski definition) is 5. The van der Waals surface area contributed by atoms with Crippen LogP contribution < -0.4 is 11.3 Å². The Balaban J connectivity index is 2.05. The number of hydrogen-bond donors (Lipinski definition) is 2. The van der Waals surface area contributed by atoms with Crippen LogP contribution in [0.2, 0.25) is 5.02 Å². The highest BCUT2D eigenvalue weighted by Gasteiger charge is 2.26. The van der Waals surface area contributed by atoms with Crippen molar-refractivity contribution in [1.29, 1.82) is 0 Å². The SMILES string of the molecule is CCC(C)N1CCN(C(=O)c2nc(NN)ccc2Cl)CC1. The van der Waals surface area contributed by atoms with E-state index in [2.05, 4.69) is 29.2 Å². The van der Waals surface area contributed by atoms with Gasteiger partial charge in [-0.1, -0.05) is 18.5 Å². The van der Waals surface area contributed by atoms with Crippen LogP contribution in [0.4, 0.5) is 5.82 Å². The van der Waals surface area contributed by atoms with Crippen molar-refractivity contribution in [2.45, 2.75) is 26.3 Å². The normalized spacial score (nSPS) is 17.6. The number of hydrazine groups is 1. The number of aromatic nitrogens is 1. The summed E-state index contributed by atoms with van der Waals surface area (Å²) < 4.78 is 0. The average Bonchev–Trinajstić information content (AvgIpc) is 2.54. The van der Waals surface area contributed by atoms with Crippen LogP contribution in [0.25, 0.3) is 0 Å². The van der Waals surface area contributed by atoms with Crippen LogP contribution in [0.5, 0.6) is 0 Å². The molecule has 3 N–H and O–H groups in total. The Morgan fingerprint density at radius 2 is 2.10 bits per heavy atom. The number of anilines is 1. The molecule has 0 saturated carbocycles. The second-order valence-corrected chi connectivity index (χ2v) is 5.66. The van der Waals surface area contributed by atoms with E-state index in [0.29, 0.717) is 30.0 Å². The van der Waals surface area contributed by atoms with Gasteiger partial charge in [0.2, 0.25) is 0 Å². The smallest absolute Gasteiger partial charge is 0.274 e. The molecule has 7 heteroatoms. The maximum Gasteiger partial charge on any atom is 0.274 e. The van der Waals surface area contributed by atoms with E-state index < -0.39 is 0 Å². The Hall–Kier alpha value is -1.37. The first-order valence-corrected chi connectivity index (χ1v) is 7.61. The lowest BCUT2D eigenvalue weighted by Crippen LogP contribution is -2.51. The fourth-order valence-corrected chi connectivity index (χ4v) is 2.63. The van der Waals surface area contributed by atoms with Gasteiger partial charge in [-0.3, -0.25) is 9.69 Å². The van der Waals surface area contributed by atoms with E-state index in [-0.39, 0.29) is 11.6 Å². The van der Waals surface area contributed by atoms with Crippen molar-refractivity contribution in [1.82, 2.24) is 14.8 Å². The first-order valence-electron chi connectivity index (χ1n) is 7.23. The van der Waals surface area contributed by atoms with Gasteiger partial charge in [-0.05, 0) is 25.5 Å². The van der Waals surface area contributed by atoms with Crippen LogP contribution >= 0.6 is 11.6 Å². The molecule has 1 unspecified atom stereocenters. The Bertz CT molecular complexity index is 502. The van der Waals surface area contributed by atoms with E-state index in [1.165, 1.54) is 0 Å². The van der Waals surface area contributed by atoms with E-state index in [1.807, 2.05) is 0 Å². The van der Waals surface area contributed by atoms with Gasteiger partial charge >= 0.3 is 0 Å². The monoisotopic (exact) mass is 311 g/mol. The van der Waals surface area contributed by atoms with Gasteiger partial charge in [0.05, 0.1) is 5.02 Å². The first-order chi connectivity index (χ1) is 10.1. The third-order valence-electron chi connectivity index (χ3n) is 4.01. The molecule has 1 aliphatic heterocycles. The highest BCUT2D eigenvalue weighted by atomic mass is 35.5. The number of carbonyl (C=O) groups is 1. The molecular weight excluding hydrogens is 290 g/mol. The molecule has 0 aromatic carbocycles. The molecule has 2 rings (SSSR count). The van der Waals surface area contributed by atoms with Crippen LogP contribution in [0.15, 0.2) is 12.1 Å². The van der Waals surface area contributed by atoms with Gasteiger partial charge in [0, 0.05) is 32.2 Å². The van der Waals surface area contributed by atoms with Gasteiger partial charge in [0.15, 0.2) is 0 Å². The van der Waals surface area contributed by atoms with E-state index in [4.69, 9.17) is 17.4 Å². The van der Waals surface area contributed by atoms with Crippen molar-refractivity contribution in [3.05, 3.63) is 22.8 Å². The predicted octanol–water partition coefficient (Wildman–Crippen LogP) is 1.58. The Morgan fingerprint density at radius 3 is 2.67 bits per heavy atom. The summed E-state index contributed by atoms with van der Waals surface area (Å²) in [6.45, 7) is 7.55. The zero-order valence-electron chi connectivity index (χ0n) is 12.5. The molecule has 1 aromatic rings. The van der Waals surface area contributed by atoms with E-state index in [0.717, 1.165) is 19.5 Å². The molecule has 2 heterocycles. The molecular formula is C14H22ClN5O. The lowest BCUT2D eigenvalue weighted by Gasteiger charge is -2.37. The second kappa shape index (κ2) is 7.06. The minimum absolute atomic E-state index is 0.138. The standard InChI is InChI=1S/C14H22ClN5O/c1-3-10(2)19-6-8-20(9-7-19)14(21)13-11(15)4-5-12(17-13)18-16/h4-5,10H,3,6-9,16H2,1-2H3,(H,17,18). The first kappa shape index (κ1) is 16.0. The van der Waals surface area contributed by atoms with Crippen molar-refractivity contribution >= 4 is 23.3 Å². The van der Waals surface area contributed by atoms with Gasteiger partial charge in [0.25, 0.3) is 5.91 Å². The third kappa shape index (κ3) is 3.64. The molecule has 0 aliphatic carbocycles. The summed E-state index contributed by atoms with van der Waals surface area (Å²) in [7, 11) is 0. The van der Waals surface area contributed by atoms with Crippen molar-refractivity contribution in [3.8, 4) is 0 Å². The summed E-state index contributed by atoms with van der Waals surface area (Å²) in [4.78, 5) is 20.9. The quantitative estimate of drug-likeness (QED) is 0.652. The summed E-state index contributed by atoms with van der Waals surface area (Å²) in [5.41, 5.74) is 2.69. The van der Waals surface area contributed by atoms with Crippen molar-refractivity contribution in [2.75, 3.05) is 31.6 Å². The molecule has 1 aromatic heterocycles. The fraction of sp³-hybridized carbons (Fsp3) is 0.571. The number of nitrogen functional groups attached to an aromatic ring is 1. The number of nitrogens with zero attached hydrogens (tertiary/aromatic N) is 3. The molecule has 0 bridgehead atoms. The van der Waals surface area contributed by atoms with Crippen LogP contribution in [0.1, 0.15) is 30.8 Å². The minimum atomic E-state index is -0.138. The summed E-state index contributed by atoms with van der Waals surface area (Å²) in [5, 5.41) is 0.350. The number of nitrogens with two attached hydrogens (primary N) is 1. The molecule has 0 spiro atoms. The molecule has 1 aliphatic rings. The van der Waals surface area contributed by atoms with Crippen molar-refractivity contribution < 1.29 is 4.79 Å². The van der Waals surface area contributed by atoms with E-state index in [1.54, 1.807) is 17.0 Å². The highest BCUT2D eigenvalue weighted by molar-refractivity contribution is 6.33. The average molecular weight is 312 g/mol. The lowest BCUT2D eigenvalue weighted by atomic mass is 10.2. The van der Waals surface area contributed by atoms with Crippen LogP contribution in [-0.2, 0) is 0 Å². The van der Waals surface area contributed by atoms with E-state index >= 15 is 0 Å². The van der Waals surface area contributed by atoms with Gasteiger partial charge in [0.1, 0.15) is 11.5 Å². The van der Waals surface area contributed by atoms with Crippen LogP contribution in [-0.4, -0.2) is 52.9 Å². The predicted molar refractivity (Wildman–Crippen MR) is 84.3 cm³/mol. The number of carbonyl (C=O) groups excluding carboxylic acids is 1. The lowest BCUT2D eigenvalue weighted by molar-refractivity contribution is 0.0574. The largest absolute Gasteiger partial charge is 0.335 e. The Kier molecular flexibility index (Phi) is 5.39. The third-order valence-corrected chi connectivity index (χ3v) is 4.32. The van der Waals surface area contributed by atoms with Crippen LogP contribution in [0, 0.1) is 0 Å². The molecule has 1 atom stereocenters. The maximum absolute atomic E-state index is 12.5. The zero-order valence-corrected chi connectivity index (χ0v) is 13.2. The van der Waals surface area contributed by atoms with Gasteiger partial charge in [-0.25, -0.2) is 10.8 Å². The summed E-state index contributed by atoms with van der Waals surface area (Å²) in [6, 6.07) is 3.82. The number of rotatable bonds is 4. The summed E-state index contributed by atoms with van der Waals surface area (Å²) in [6.07, 6.45) is 1.12. The van der Waals surface area contributed by atoms with Crippen molar-refractivity contribution in [3.63, 3.8) is 0 Å². The topological polar surface area (TPSA) is 74.5 Å². The highest BCUT2D eigenvalue weighted by Crippen LogP contribution is 2.19. The van der Waals surface area contributed by atoms with Gasteiger partial charge in [-0.15, -0.1) is 0 Å². The number of pyridine rings is 1. The number of nitrogens with one attached hydrogen (secondary N) is 1. The Labute approximate surface area is 130 Å². The van der Waals surface area contributed by atoms with Gasteiger partial charge < -0.3 is 10.3 Å². The summed E-state index contributed by atoms with van der Waals surface area (Å²) in [5.74, 6) is 5.62. The minimum Gasteiger partial charge on any atom is -0.335 e.